The van der Waals surface area contributed by atoms with E-state index in [1.165, 1.54) is 173 Å². The lowest BCUT2D eigenvalue weighted by Crippen LogP contribution is -2.46. The minimum Gasteiger partial charge on any atom is -0.462 e. The van der Waals surface area contributed by atoms with Gasteiger partial charge in [0.15, 0.2) is 0 Å². The third-order valence-electron chi connectivity index (χ3n) is 12.5. The van der Waals surface area contributed by atoms with Gasteiger partial charge < -0.3 is 20.3 Å². The van der Waals surface area contributed by atoms with Crippen molar-refractivity contribution < 1.29 is 24.5 Å². The molecule has 0 radical (unpaired) electrons. The molecule has 0 heterocycles. The molecule has 6 nitrogen and oxygen atoms in total. The summed E-state index contributed by atoms with van der Waals surface area (Å²) in [6.45, 7) is 6.48. The predicted octanol–water partition coefficient (Wildman–Crippen LogP) is 16.3. The zero-order valence-corrected chi connectivity index (χ0v) is 41.1. The van der Waals surface area contributed by atoms with Crippen LogP contribution in [0.5, 0.6) is 0 Å². The van der Waals surface area contributed by atoms with Crippen LogP contribution in [0.4, 0.5) is 0 Å². The van der Waals surface area contributed by atoms with E-state index in [1.807, 2.05) is 0 Å². The molecule has 6 heteroatoms. The van der Waals surface area contributed by atoms with Gasteiger partial charge >= 0.3 is 5.97 Å². The molecule has 61 heavy (non-hydrogen) atoms. The maximum Gasteiger partial charge on any atom is 0.306 e. The molecule has 360 valence electrons. The Kier molecular flexibility index (Phi) is 48.0. The normalized spacial score (nSPS) is 13.3. The van der Waals surface area contributed by atoms with Crippen molar-refractivity contribution in [2.24, 2.45) is 0 Å². The number of nitrogens with one attached hydrogen (secondary N) is 1. The predicted molar refractivity (Wildman–Crippen MR) is 264 cm³/mol. The molecule has 0 aromatic heterocycles. The van der Waals surface area contributed by atoms with Crippen LogP contribution in [0.15, 0.2) is 24.3 Å². The fourth-order valence-electron chi connectivity index (χ4n) is 8.36. The maximum atomic E-state index is 13.2. The summed E-state index contributed by atoms with van der Waals surface area (Å²) >= 11 is 0. The second kappa shape index (κ2) is 49.4. The van der Waals surface area contributed by atoms with Gasteiger partial charge in [-0.25, -0.2) is 0 Å². The topological polar surface area (TPSA) is 95.9 Å². The molecule has 3 N–H and O–H groups in total. The zero-order chi connectivity index (χ0) is 44.5. The molecule has 0 aromatic rings. The number of allylic oxidation sites excluding steroid dienone is 4. The van der Waals surface area contributed by atoms with Crippen LogP contribution >= 0.6 is 0 Å². The quantitative estimate of drug-likeness (QED) is 0.0322. The number of amides is 1. The summed E-state index contributed by atoms with van der Waals surface area (Å²) in [6, 6.07) is -0.701. The van der Waals surface area contributed by atoms with Crippen LogP contribution < -0.4 is 5.32 Å². The zero-order valence-electron chi connectivity index (χ0n) is 41.1. The summed E-state index contributed by atoms with van der Waals surface area (Å²) in [4.78, 5) is 26.2. The van der Waals surface area contributed by atoms with E-state index in [2.05, 4.69) is 50.4 Å². The van der Waals surface area contributed by atoms with Gasteiger partial charge in [0.25, 0.3) is 0 Å². The van der Waals surface area contributed by atoms with Crippen molar-refractivity contribution in [1.82, 2.24) is 5.32 Å². The van der Waals surface area contributed by atoms with Crippen molar-refractivity contribution in [3.63, 3.8) is 0 Å². The molecule has 0 rings (SSSR count). The Morgan fingerprint density at radius 1 is 0.459 bits per heavy atom. The molecule has 0 aliphatic heterocycles. The smallest absolute Gasteiger partial charge is 0.306 e. The van der Waals surface area contributed by atoms with E-state index in [0.717, 1.165) is 70.6 Å². The van der Waals surface area contributed by atoms with Gasteiger partial charge in [-0.05, 0) is 77.0 Å². The van der Waals surface area contributed by atoms with E-state index >= 15 is 0 Å². The average molecular weight is 860 g/mol. The fourth-order valence-corrected chi connectivity index (χ4v) is 8.36. The number of hydrogen-bond acceptors (Lipinski definition) is 5. The van der Waals surface area contributed by atoms with Crippen LogP contribution in [0.25, 0.3) is 0 Å². The summed E-state index contributed by atoms with van der Waals surface area (Å²) in [7, 11) is 0. The Morgan fingerprint density at radius 2 is 0.787 bits per heavy atom. The summed E-state index contributed by atoms with van der Waals surface area (Å²) in [5.41, 5.74) is 0. The van der Waals surface area contributed by atoms with Crippen molar-refractivity contribution in [2.45, 2.75) is 309 Å². The fraction of sp³-hybridized carbons (Fsp3) is 0.891. The largest absolute Gasteiger partial charge is 0.462 e. The molecule has 0 saturated carbocycles. The van der Waals surface area contributed by atoms with Crippen LogP contribution in [0, 0.1) is 0 Å². The lowest BCUT2D eigenvalue weighted by Gasteiger charge is -2.24. The second-order valence-corrected chi connectivity index (χ2v) is 18.6. The molecule has 3 unspecified atom stereocenters. The number of carbonyl (C=O) groups excluding carboxylic acids is 2. The number of ether oxygens (including phenoxy) is 1. The minimum atomic E-state index is -0.787. The molecule has 0 aliphatic rings. The third kappa shape index (κ3) is 44.7. The molecule has 0 saturated heterocycles. The Hall–Kier alpha value is -1.66. The van der Waals surface area contributed by atoms with E-state index in [-0.39, 0.29) is 24.9 Å². The molecule has 0 aromatic carbocycles. The Morgan fingerprint density at radius 3 is 1.16 bits per heavy atom. The molecule has 0 spiro atoms. The van der Waals surface area contributed by atoms with Crippen molar-refractivity contribution >= 4 is 11.9 Å². The number of unbranched alkanes of at least 4 members (excludes halogenated alkanes) is 33. The van der Waals surface area contributed by atoms with Gasteiger partial charge in [-0.1, -0.05) is 225 Å². The van der Waals surface area contributed by atoms with E-state index in [0.29, 0.717) is 19.3 Å². The molecule has 0 bridgehead atoms. The number of esters is 1. The van der Waals surface area contributed by atoms with E-state index in [4.69, 9.17) is 4.74 Å². The Labute approximate surface area is 380 Å². The van der Waals surface area contributed by atoms with Crippen LogP contribution in [-0.2, 0) is 14.3 Å². The molecule has 0 fully saturated rings. The number of rotatable bonds is 49. The molecule has 1 amide bonds. The first-order valence-corrected chi connectivity index (χ1v) is 27.1. The first-order valence-electron chi connectivity index (χ1n) is 27.1. The SMILES string of the molecule is CCCCCCCC/C=C/CCCCCCCC(CC(=O)NC(CO)C(O)CCCCCCCCCCC)OC(=O)CCCCCCC/C=C/CCCCCCCCCCC. The van der Waals surface area contributed by atoms with Crippen molar-refractivity contribution in [3.8, 4) is 0 Å². The van der Waals surface area contributed by atoms with Crippen molar-refractivity contribution in [1.29, 1.82) is 0 Å². The molecule has 3 atom stereocenters. The Balaban J connectivity index is 4.53. The highest BCUT2D eigenvalue weighted by Gasteiger charge is 2.24. The third-order valence-corrected chi connectivity index (χ3v) is 12.5. The lowest BCUT2D eigenvalue weighted by molar-refractivity contribution is -0.151. The van der Waals surface area contributed by atoms with Crippen LogP contribution in [0.3, 0.4) is 0 Å². The van der Waals surface area contributed by atoms with Crippen molar-refractivity contribution in [2.75, 3.05) is 6.61 Å². The van der Waals surface area contributed by atoms with Crippen LogP contribution in [-0.4, -0.2) is 46.9 Å². The average Bonchev–Trinajstić information content (AvgIpc) is 3.25. The maximum absolute atomic E-state index is 13.2. The van der Waals surface area contributed by atoms with E-state index in [9.17, 15) is 19.8 Å². The number of aliphatic hydroxyl groups excluding tert-OH is 2. The highest BCUT2D eigenvalue weighted by atomic mass is 16.5. The monoisotopic (exact) mass is 860 g/mol. The number of carbonyl (C=O) groups is 2. The Bertz CT molecular complexity index is 966. The highest BCUT2D eigenvalue weighted by Crippen LogP contribution is 2.18. The second-order valence-electron chi connectivity index (χ2n) is 18.6. The summed E-state index contributed by atoms with van der Waals surface area (Å²) in [6.07, 6.45) is 56.7. The number of aliphatic hydroxyl groups is 2. The summed E-state index contributed by atoms with van der Waals surface area (Å²) < 4.78 is 5.94. The van der Waals surface area contributed by atoms with Crippen LogP contribution in [0.1, 0.15) is 290 Å². The van der Waals surface area contributed by atoms with Crippen molar-refractivity contribution in [3.05, 3.63) is 24.3 Å². The summed E-state index contributed by atoms with van der Waals surface area (Å²) in [5, 5.41) is 23.7. The van der Waals surface area contributed by atoms with Gasteiger partial charge in [0, 0.05) is 6.42 Å². The minimum absolute atomic E-state index is 0.0725. The first kappa shape index (κ1) is 59.3. The van der Waals surface area contributed by atoms with E-state index < -0.39 is 18.2 Å². The van der Waals surface area contributed by atoms with Gasteiger partial charge in [0.2, 0.25) is 5.91 Å². The van der Waals surface area contributed by atoms with Crippen LogP contribution in [0.2, 0.25) is 0 Å². The van der Waals surface area contributed by atoms with E-state index in [1.54, 1.807) is 0 Å². The van der Waals surface area contributed by atoms with Gasteiger partial charge in [-0.3, -0.25) is 9.59 Å². The van der Waals surface area contributed by atoms with Gasteiger partial charge in [0.1, 0.15) is 6.10 Å². The van der Waals surface area contributed by atoms with Gasteiger partial charge in [0.05, 0.1) is 25.2 Å². The first-order chi connectivity index (χ1) is 30.0. The van der Waals surface area contributed by atoms with Gasteiger partial charge in [-0.15, -0.1) is 0 Å². The summed E-state index contributed by atoms with van der Waals surface area (Å²) in [5.74, 6) is -0.480. The van der Waals surface area contributed by atoms with Gasteiger partial charge in [-0.2, -0.15) is 0 Å². The standard InChI is InChI=1S/C55H105NO5/c1-4-7-10-13-16-19-21-23-25-26-27-29-31-33-36-39-42-45-48-55(60)61-51(46-43-40-37-35-32-30-28-24-22-20-17-14-11-8-5-2)49-54(59)56-52(50-57)53(58)47-44-41-38-34-18-15-12-9-6-3/h24,27-29,51-53,57-58H,4-23,25-26,30-50H2,1-3H3,(H,56,59)/b28-24+,29-27+. The lowest BCUT2D eigenvalue weighted by atomic mass is 10.0. The molecular weight excluding hydrogens is 755 g/mol. The highest BCUT2D eigenvalue weighted by molar-refractivity contribution is 5.77. The molecular formula is C55H105NO5. The number of hydrogen-bond donors (Lipinski definition) is 3. The molecule has 0 aliphatic carbocycles.